The zero-order valence-corrected chi connectivity index (χ0v) is 21.1. The number of hydrogen-bond donors (Lipinski definition) is 4. The first-order chi connectivity index (χ1) is 18.2. The lowest BCUT2D eigenvalue weighted by atomic mass is 9.99. The second-order valence-corrected chi connectivity index (χ2v) is 8.87. The smallest absolute Gasteiger partial charge is 0.323 e. The molecule has 0 radical (unpaired) electrons. The third-order valence-corrected chi connectivity index (χ3v) is 6.34. The van der Waals surface area contributed by atoms with E-state index < -0.39 is 18.4 Å². The molecule has 0 atom stereocenters. The van der Waals surface area contributed by atoms with Crippen LogP contribution >= 0.6 is 0 Å². The molecule has 9 nitrogen and oxygen atoms in total. The molecule has 1 aromatic heterocycles. The van der Waals surface area contributed by atoms with E-state index in [4.69, 9.17) is 15.9 Å². The number of fused-ring (bicyclic) bond motifs is 1. The Morgan fingerprint density at radius 1 is 1.05 bits per heavy atom. The minimum absolute atomic E-state index is 0.0148. The highest BCUT2D eigenvalue weighted by atomic mass is 16.5. The van der Waals surface area contributed by atoms with Gasteiger partial charge in [0.2, 0.25) is 0 Å². The molecule has 0 aliphatic heterocycles. The number of aliphatic carboxylic acids is 1. The maximum atomic E-state index is 13.4. The number of nitrogen functional groups attached to an aromatic ring is 1. The molecular formula is C29H28N4O5. The van der Waals surface area contributed by atoms with Crippen LogP contribution in [-0.2, 0) is 11.2 Å². The Morgan fingerprint density at radius 3 is 2.42 bits per heavy atom. The first-order valence-corrected chi connectivity index (χ1v) is 11.9. The summed E-state index contributed by atoms with van der Waals surface area (Å²) in [5.41, 5.74) is 9.55. The second-order valence-electron chi connectivity index (χ2n) is 8.87. The molecule has 9 heteroatoms. The number of carboxylic acid groups (broad SMARTS) is 1. The van der Waals surface area contributed by atoms with Gasteiger partial charge in [0.25, 0.3) is 5.91 Å². The fraction of sp³-hybridized carbons (Fsp3) is 0.172. The van der Waals surface area contributed by atoms with Crippen molar-refractivity contribution in [3.8, 4) is 5.75 Å². The van der Waals surface area contributed by atoms with Crippen LogP contribution in [0.25, 0.3) is 10.9 Å². The van der Waals surface area contributed by atoms with Crippen molar-refractivity contribution >= 4 is 40.1 Å². The summed E-state index contributed by atoms with van der Waals surface area (Å²) in [7, 11) is 1.44. The summed E-state index contributed by atoms with van der Waals surface area (Å²) in [6.07, 6.45) is 0.747. The normalized spacial score (nSPS) is 10.8. The van der Waals surface area contributed by atoms with Gasteiger partial charge in [-0.3, -0.25) is 24.7 Å². The lowest BCUT2D eigenvalue weighted by molar-refractivity contribution is -0.135. The molecule has 194 valence electrons. The standard InChI is InChI=1S/C29H28N4O5/c1-17-27(24(34)14-9-18-7-10-19(11-8-18)28(30)31)22-15-20(12-13-23(22)32-17)33(16-26(35)36)29(37)21-5-3-4-6-25(21)38-2/h3-8,10-13,15,32H,9,14,16H2,1-2H3,(H3,30,31)(H,35,36). The van der Waals surface area contributed by atoms with E-state index in [1.54, 1.807) is 54.6 Å². The highest BCUT2D eigenvalue weighted by Gasteiger charge is 2.25. The molecular weight excluding hydrogens is 484 g/mol. The Balaban J connectivity index is 1.66. The summed E-state index contributed by atoms with van der Waals surface area (Å²) in [5.74, 6) is -1.47. The fourth-order valence-corrected chi connectivity index (χ4v) is 4.46. The van der Waals surface area contributed by atoms with Crippen molar-refractivity contribution in [3.63, 3.8) is 0 Å². The molecule has 0 fully saturated rings. The Morgan fingerprint density at radius 2 is 1.76 bits per heavy atom. The molecule has 1 heterocycles. The molecule has 0 bridgehead atoms. The Bertz CT molecular complexity index is 1540. The summed E-state index contributed by atoms with van der Waals surface area (Å²) in [6, 6.07) is 18.9. The van der Waals surface area contributed by atoms with Crippen LogP contribution in [0.5, 0.6) is 5.75 Å². The number of aromatic amines is 1. The molecule has 0 aliphatic carbocycles. The Hall–Kier alpha value is -4.92. The van der Waals surface area contributed by atoms with E-state index in [0.717, 1.165) is 10.5 Å². The number of rotatable bonds is 10. The van der Waals surface area contributed by atoms with Gasteiger partial charge in [-0.15, -0.1) is 0 Å². The predicted molar refractivity (Wildman–Crippen MR) is 145 cm³/mol. The number of H-pyrrole nitrogens is 1. The minimum atomic E-state index is -1.18. The molecule has 4 aromatic rings. The van der Waals surface area contributed by atoms with Gasteiger partial charge in [-0.05, 0) is 49.2 Å². The van der Waals surface area contributed by atoms with Gasteiger partial charge in [-0.2, -0.15) is 0 Å². The maximum Gasteiger partial charge on any atom is 0.323 e. The number of nitrogens with two attached hydrogens (primary N) is 1. The molecule has 4 rings (SSSR count). The molecule has 0 spiro atoms. The number of ether oxygens (including phenoxy) is 1. The van der Waals surface area contributed by atoms with Crippen LogP contribution in [0.15, 0.2) is 66.7 Å². The molecule has 0 saturated carbocycles. The van der Waals surface area contributed by atoms with E-state index in [1.165, 1.54) is 7.11 Å². The summed E-state index contributed by atoms with van der Waals surface area (Å²) in [6.45, 7) is 1.24. The van der Waals surface area contributed by atoms with Gasteiger partial charge in [0, 0.05) is 39.8 Å². The number of nitrogens with zero attached hydrogens (tertiary/aromatic N) is 1. The summed E-state index contributed by atoms with van der Waals surface area (Å²) in [4.78, 5) is 42.8. The number of aromatic nitrogens is 1. The van der Waals surface area contributed by atoms with E-state index in [0.29, 0.717) is 45.6 Å². The van der Waals surface area contributed by atoms with Gasteiger partial charge in [0.05, 0.1) is 12.7 Å². The average molecular weight is 513 g/mol. The maximum absolute atomic E-state index is 13.4. The highest BCUT2D eigenvalue weighted by molar-refractivity contribution is 6.13. The number of carboxylic acids is 1. The highest BCUT2D eigenvalue weighted by Crippen LogP contribution is 2.30. The molecule has 38 heavy (non-hydrogen) atoms. The van der Waals surface area contributed by atoms with Crippen LogP contribution in [-0.4, -0.2) is 47.2 Å². The number of methoxy groups -OCH3 is 1. The molecule has 0 unspecified atom stereocenters. The van der Waals surface area contributed by atoms with Gasteiger partial charge < -0.3 is 20.6 Å². The molecule has 0 saturated heterocycles. The Kier molecular flexibility index (Phi) is 7.57. The molecule has 1 amide bonds. The van der Waals surface area contributed by atoms with E-state index >= 15 is 0 Å². The van der Waals surface area contributed by atoms with Crippen molar-refractivity contribution in [2.24, 2.45) is 5.73 Å². The third-order valence-electron chi connectivity index (χ3n) is 6.34. The molecule has 3 aromatic carbocycles. The zero-order valence-electron chi connectivity index (χ0n) is 21.1. The van der Waals surface area contributed by atoms with Crippen molar-refractivity contribution in [2.75, 3.05) is 18.6 Å². The number of hydrogen-bond acceptors (Lipinski definition) is 5. The van der Waals surface area contributed by atoms with Gasteiger partial charge in [0.15, 0.2) is 5.78 Å². The van der Waals surface area contributed by atoms with Crippen LogP contribution in [0.1, 0.15) is 44.0 Å². The number of benzene rings is 3. The number of Topliss-reactive ketones (excluding diaryl/α,β-unsaturated/α-hetero) is 1. The number of ketones is 1. The number of amides is 1. The number of carbonyl (C=O) groups excluding carboxylic acids is 2. The largest absolute Gasteiger partial charge is 0.496 e. The minimum Gasteiger partial charge on any atom is -0.496 e. The van der Waals surface area contributed by atoms with Crippen molar-refractivity contribution in [1.29, 1.82) is 5.41 Å². The van der Waals surface area contributed by atoms with Crippen molar-refractivity contribution in [3.05, 3.63) is 94.7 Å². The topological polar surface area (TPSA) is 150 Å². The SMILES string of the molecule is COc1ccccc1C(=O)N(CC(=O)O)c1ccc2[nH]c(C)c(C(=O)CCc3ccc(C(=N)N)cc3)c2c1. The zero-order chi connectivity index (χ0) is 27.4. The first kappa shape index (κ1) is 26.2. The average Bonchev–Trinajstić information content (AvgIpc) is 3.24. The summed E-state index contributed by atoms with van der Waals surface area (Å²) < 4.78 is 5.30. The number of para-hydroxylation sites is 1. The van der Waals surface area contributed by atoms with E-state index in [-0.39, 0.29) is 23.6 Å². The number of aryl methyl sites for hydroxylation is 2. The van der Waals surface area contributed by atoms with Crippen LogP contribution < -0.4 is 15.4 Å². The van der Waals surface area contributed by atoms with Gasteiger partial charge in [0.1, 0.15) is 18.1 Å². The third kappa shape index (κ3) is 5.41. The van der Waals surface area contributed by atoms with Crippen LogP contribution in [0.4, 0.5) is 5.69 Å². The van der Waals surface area contributed by atoms with Gasteiger partial charge in [-0.25, -0.2) is 0 Å². The van der Waals surface area contributed by atoms with Crippen LogP contribution in [0.2, 0.25) is 0 Å². The monoisotopic (exact) mass is 512 g/mol. The number of anilines is 1. The summed E-state index contributed by atoms with van der Waals surface area (Å²) >= 11 is 0. The van der Waals surface area contributed by atoms with Crippen molar-refractivity contribution in [2.45, 2.75) is 19.8 Å². The summed E-state index contributed by atoms with van der Waals surface area (Å²) in [5, 5.41) is 17.7. The van der Waals surface area contributed by atoms with E-state index in [2.05, 4.69) is 4.98 Å². The van der Waals surface area contributed by atoms with Gasteiger partial charge in [-0.1, -0.05) is 36.4 Å². The molecule has 0 aliphatic rings. The number of carbonyl (C=O) groups is 3. The number of nitrogens with one attached hydrogen (secondary N) is 2. The van der Waals surface area contributed by atoms with Crippen LogP contribution in [0, 0.1) is 12.3 Å². The molecule has 5 N–H and O–H groups in total. The fourth-order valence-electron chi connectivity index (χ4n) is 4.46. The lowest BCUT2D eigenvalue weighted by Gasteiger charge is -2.22. The van der Waals surface area contributed by atoms with Gasteiger partial charge >= 0.3 is 5.97 Å². The first-order valence-electron chi connectivity index (χ1n) is 11.9. The number of amidine groups is 1. The van der Waals surface area contributed by atoms with Crippen molar-refractivity contribution in [1.82, 2.24) is 4.98 Å². The second kappa shape index (κ2) is 11.0. The van der Waals surface area contributed by atoms with E-state index in [1.807, 2.05) is 19.1 Å². The Labute approximate surface area is 219 Å². The quantitative estimate of drug-likeness (QED) is 0.141. The predicted octanol–water partition coefficient (Wildman–Crippen LogP) is 4.32. The van der Waals surface area contributed by atoms with Crippen LogP contribution in [0.3, 0.4) is 0 Å². The lowest BCUT2D eigenvalue weighted by Crippen LogP contribution is -2.36. The van der Waals surface area contributed by atoms with Crippen molar-refractivity contribution < 1.29 is 24.2 Å². The van der Waals surface area contributed by atoms with E-state index in [9.17, 15) is 19.5 Å².